The molecule has 0 radical (unpaired) electrons. The third-order valence-electron chi connectivity index (χ3n) is 4.53. The molecule has 0 bridgehead atoms. The minimum absolute atomic E-state index is 0.353. The maximum Gasteiger partial charge on any atom is 0.0845 e. The van der Waals surface area contributed by atoms with Crippen LogP contribution in [0.15, 0.2) is 36.9 Å². The molecule has 0 saturated carbocycles. The molecule has 2 aromatic rings. The number of fused-ring (bicyclic) bond motifs is 1. The van der Waals surface area contributed by atoms with Gasteiger partial charge in [0.2, 0.25) is 0 Å². The molecule has 4 nitrogen and oxygen atoms in total. The zero-order valence-corrected chi connectivity index (χ0v) is 18.3. The number of rotatable bonds is 4. The van der Waals surface area contributed by atoms with Crippen LogP contribution in [0.3, 0.4) is 0 Å². The minimum Gasteiger partial charge on any atom is -0.390 e. The van der Waals surface area contributed by atoms with Crippen LogP contribution in [-0.4, -0.2) is 65.3 Å². The van der Waals surface area contributed by atoms with Crippen LogP contribution in [0.25, 0.3) is 10.9 Å². The van der Waals surface area contributed by atoms with Crippen molar-refractivity contribution in [2.45, 2.75) is 40.3 Å². The fourth-order valence-corrected chi connectivity index (χ4v) is 3.40. The van der Waals surface area contributed by atoms with Gasteiger partial charge in [0.15, 0.2) is 0 Å². The summed E-state index contributed by atoms with van der Waals surface area (Å²) in [4.78, 5) is 4.68. The molecule has 0 aliphatic carbocycles. The number of halogens is 1. The lowest BCUT2D eigenvalue weighted by molar-refractivity contribution is 0.0714. The number of β-amino-alcohol motifs (C(OH)–C–C–N with tert-alkyl or cyclic N) is 1. The van der Waals surface area contributed by atoms with Crippen LogP contribution >= 0.6 is 11.6 Å². The Morgan fingerprint density at radius 1 is 1.15 bits per heavy atom. The Hall–Kier alpha value is -1.33. The van der Waals surface area contributed by atoms with Gasteiger partial charge in [0.25, 0.3) is 0 Å². The van der Waals surface area contributed by atoms with E-state index >= 15 is 0 Å². The number of piperazine rings is 1. The van der Waals surface area contributed by atoms with Gasteiger partial charge in [0.1, 0.15) is 0 Å². The van der Waals surface area contributed by atoms with Gasteiger partial charge in [-0.15, -0.1) is 6.58 Å². The highest BCUT2D eigenvalue weighted by Crippen LogP contribution is 2.23. The number of nitrogens with zero attached hydrogens (tertiary/aromatic N) is 3. The number of benzene rings is 1. The van der Waals surface area contributed by atoms with E-state index in [1.54, 1.807) is 6.08 Å². The summed E-state index contributed by atoms with van der Waals surface area (Å²) in [6.45, 7) is 16.9. The summed E-state index contributed by atoms with van der Waals surface area (Å²) in [5, 5.41) is 12.4. The molecule has 1 fully saturated rings. The van der Waals surface area contributed by atoms with Crippen molar-refractivity contribution < 1.29 is 5.11 Å². The van der Waals surface area contributed by atoms with Crippen LogP contribution in [0.5, 0.6) is 0 Å². The lowest BCUT2D eigenvalue weighted by Crippen LogP contribution is -2.47. The first-order chi connectivity index (χ1) is 12.9. The van der Waals surface area contributed by atoms with Crippen molar-refractivity contribution in [2.75, 3.05) is 39.8 Å². The second kappa shape index (κ2) is 12.2. The van der Waals surface area contributed by atoms with E-state index in [1.807, 2.05) is 39.0 Å². The molecule has 1 aliphatic heterocycles. The highest BCUT2D eigenvalue weighted by Gasteiger charge is 2.18. The molecule has 0 amide bonds. The Morgan fingerprint density at radius 2 is 1.74 bits per heavy atom. The Labute approximate surface area is 170 Å². The SMILES string of the molecule is C=CC.CC.Cc1cc2cc(Cl)ccc2n1CC(O)CN1CCN(C)CC1. The molecular formula is C22H36ClN3O. The van der Waals surface area contributed by atoms with E-state index < -0.39 is 0 Å². The summed E-state index contributed by atoms with van der Waals surface area (Å²) < 4.78 is 2.19. The van der Waals surface area contributed by atoms with Crippen LogP contribution in [0.4, 0.5) is 0 Å². The predicted octanol–water partition coefficient (Wildman–Crippen LogP) is 4.43. The van der Waals surface area contributed by atoms with Gasteiger partial charge >= 0.3 is 0 Å². The molecule has 1 saturated heterocycles. The molecule has 27 heavy (non-hydrogen) atoms. The Balaban J connectivity index is 0.000000665. The van der Waals surface area contributed by atoms with E-state index in [0.717, 1.165) is 54.3 Å². The minimum atomic E-state index is -0.353. The average molecular weight is 394 g/mol. The lowest BCUT2D eigenvalue weighted by Gasteiger charge is -2.33. The van der Waals surface area contributed by atoms with Gasteiger partial charge in [-0.05, 0) is 45.2 Å². The third-order valence-corrected chi connectivity index (χ3v) is 4.76. The highest BCUT2D eigenvalue weighted by molar-refractivity contribution is 6.31. The van der Waals surface area contributed by atoms with Crippen LogP contribution in [-0.2, 0) is 6.54 Å². The molecule has 2 heterocycles. The van der Waals surface area contributed by atoms with Crippen molar-refractivity contribution in [1.29, 1.82) is 0 Å². The molecule has 1 aromatic heterocycles. The standard InChI is InChI=1S/C17H24ClN3O.C3H6.C2H6/c1-13-9-14-10-15(18)3-4-17(14)21(13)12-16(22)11-20-7-5-19(2)6-8-20;1-3-2;1-2/h3-4,9-10,16,22H,5-8,11-12H2,1-2H3;3H,1H2,2H3;1-2H3. The maximum atomic E-state index is 10.5. The van der Waals surface area contributed by atoms with Crippen molar-refractivity contribution in [1.82, 2.24) is 14.4 Å². The van der Waals surface area contributed by atoms with E-state index in [9.17, 15) is 5.11 Å². The van der Waals surface area contributed by atoms with Crippen molar-refractivity contribution in [3.8, 4) is 0 Å². The first-order valence-corrected chi connectivity index (χ1v) is 10.2. The molecule has 5 heteroatoms. The van der Waals surface area contributed by atoms with Gasteiger partial charge < -0.3 is 14.6 Å². The normalized spacial score (nSPS) is 16.1. The maximum absolute atomic E-state index is 10.5. The van der Waals surface area contributed by atoms with Crippen LogP contribution in [0.2, 0.25) is 5.02 Å². The number of aliphatic hydroxyl groups excluding tert-OH is 1. The first kappa shape index (κ1) is 23.7. The number of aliphatic hydroxyl groups is 1. The monoisotopic (exact) mass is 393 g/mol. The van der Waals surface area contributed by atoms with Gasteiger partial charge in [-0.3, -0.25) is 4.90 Å². The number of hydrogen-bond donors (Lipinski definition) is 1. The topological polar surface area (TPSA) is 31.6 Å². The number of likely N-dealkylation sites (N-methyl/N-ethyl adjacent to an activating group) is 1. The zero-order chi connectivity index (χ0) is 20.4. The fourth-order valence-electron chi connectivity index (χ4n) is 3.22. The second-order valence-corrected chi connectivity index (χ2v) is 7.20. The quantitative estimate of drug-likeness (QED) is 0.779. The summed E-state index contributed by atoms with van der Waals surface area (Å²) >= 11 is 6.06. The van der Waals surface area contributed by atoms with Crippen molar-refractivity contribution >= 4 is 22.5 Å². The Morgan fingerprint density at radius 3 is 2.33 bits per heavy atom. The molecule has 1 unspecified atom stereocenters. The number of aromatic nitrogens is 1. The van der Waals surface area contributed by atoms with Gasteiger partial charge in [-0.1, -0.05) is 31.5 Å². The van der Waals surface area contributed by atoms with E-state index in [0.29, 0.717) is 6.54 Å². The molecule has 1 aliphatic rings. The van der Waals surface area contributed by atoms with E-state index in [1.165, 1.54) is 0 Å². The van der Waals surface area contributed by atoms with E-state index in [-0.39, 0.29) is 6.10 Å². The fraction of sp³-hybridized carbons (Fsp3) is 0.545. The molecule has 3 rings (SSSR count). The predicted molar refractivity (Wildman–Crippen MR) is 119 cm³/mol. The third kappa shape index (κ3) is 7.30. The largest absolute Gasteiger partial charge is 0.390 e. The van der Waals surface area contributed by atoms with Gasteiger partial charge in [0, 0.05) is 54.3 Å². The van der Waals surface area contributed by atoms with E-state index in [2.05, 4.69) is 41.0 Å². The number of allylic oxidation sites excluding steroid dienone is 1. The van der Waals surface area contributed by atoms with Crippen molar-refractivity contribution in [3.63, 3.8) is 0 Å². The van der Waals surface area contributed by atoms with E-state index in [4.69, 9.17) is 11.6 Å². The van der Waals surface area contributed by atoms with Crippen LogP contribution in [0, 0.1) is 6.92 Å². The van der Waals surface area contributed by atoms with Crippen molar-refractivity contribution in [3.05, 3.63) is 47.6 Å². The zero-order valence-electron chi connectivity index (χ0n) is 17.6. The van der Waals surface area contributed by atoms with Crippen LogP contribution < -0.4 is 0 Å². The Kier molecular flexibility index (Phi) is 10.7. The smallest absolute Gasteiger partial charge is 0.0845 e. The Bertz CT molecular complexity index is 690. The molecule has 0 spiro atoms. The number of aryl methyl sites for hydroxylation is 1. The second-order valence-electron chi connectivity index (χ2n) is 6.77. The van der Waals surface area contributed by atoms with Gasteiger partial charge in [-0.2, -0.15) is 0 Å². The molecular weight excluding hydrogens is 358 g/mol. The van der Waals surface area contributed by atoms with Crippen LogP contribution in [0.1, 0.15) is 26.5 Å². The van der Waals surface area contributed by atoms with Gasteiger partial charge in [-0.25, -0.2) is 0 Å². The molecule has 1 aromatic carbocycles. The summed E-state index contributed by atoms with van der Waals surface area (Å²) in [5.74, 6) is 0. The summed E-state index contributed by atoms with van der Waals surface area (Å²) in [6.07, 6.45) is 1.40. The number of hydrogen-bond acceptors (Lipinski definition) is 3. The highest BCUT2D eigenvalue weighted by atomic mass is 35.5. The molecule has 1 atom stereocenters. The average Bonchev–Trinajstić information content (AvgIpc) is 2.94. The lowest BCUT2D eigenvalue weighted by atomic mass is 10.2. The summed E-state index contributed by atoms with van der Waals surface area (Å²) in [7, 11) is 2.15. The summed E-state index contributed by atoms with van der Waals surface area (Å²) in [6, 6.07) is 8.05. The molecule has 1 N–H and O–H groups in total. The van der Waals surface area contributed by atoms with Crippen molar-refractivity contribution in [2.24, 2.45) is 0 Å². The summed E-state index contributed by atoms with van der Waals surface area (Å²) in [5.41, 5.74) is 2.30. The van der Waals surface area contributed by atoms with Gasteiger partial charge in [0.05, 0.1) is 12.6 Å². The first-order valence-electron chi connectivity index (χ1n) is 9.86. The molecule has 152 valence electrons.